The van der Waals surface area contributed by atoms with E-state index in [-0.39, 0.29) is 11.4 Å². The molecule has 1 heterocycles. The van der Waals surface area contributed by atoms with Crippen molar-refractivity contribution in [1.82, 2.24) is 9.88 Å². The SMILES string of the molecule is CN(C)C(C)(C)CNc1ncccc1F. The first-order valence-electron chi connectivity index (χ1n) is 4.95. The van der Waals surface area contributed by atoms with Gasteiger partial charge in [-0.3, -0.25) is 0 Å². The summed E-state index contributed by atoms with van der Waals surface area (Å²) in [5.41, 5.74) is -0.0377. The van der Waals surface area contributed by atoms with Crippen LogP contribution in [0, 0.1) is 5.82 Å². The normalized spacial score (nSPS) is 11.9. The number of aromatic nitrogens is 1. The zero-order valence-electron chi connectivity index (χ0n) is 9.71. The maximum Gasteiger partial charge on any atom is 0.165 e. The van der Waals surface area contributed by atoms with E-state index in [0.717, 1.165) is 0 Å². The lowest BCUT2D eigenvalue weighted by molar-refractivity contribution is 0.209. The fourth-order valence-corrected chi connectivity index (χ4v) is 0.974. The van der Waals surface area contributed by atoms with Crippen molar-refractivity contribution in [2.75, 3.05) is 26.0 Å². The average Bonchev–Trinajstić information content (AvgIpc) is 2.16. The van der Waals surface area contributed by atoms with Crippen LogP contribution in [-0.2, 0) is 0 Å². The zero-order chi connectivity index (χ0) is 11.5. The topological polar surface area (TPSA) is 28.2 Å². The summed E-state index contributed by atoms with van der Waals surface area (Å²) in [6, 6.07) is 2.98. The van der Waals surface area contributed by atoms with Gasteiger partial charge in [0.25, 0.3) is 0 Å². The number of pyridine rings is 1. The summed E-state index contributed by atoms with van der Waals surface area (Å²) in [5.74, 6) is -0.000480. The molecule has 1 N–H and O–H groups in total. The van der Waals surface area contributed by atoms with Gasteiger partial charge < -0.3 is 10.2 Å². The number of nitrogens with zero attached hydrogens (tertiary/aromatic N) is 2. The van der Waals surface area contributed by atoms with Crippen molar-refractivity contribution >= 4 is 5.82 Å². The Kier molecular flexibility index (Phi) is 3.63. The Balaban J connectivity index is 2.62. The first-order valence-corrected chi connectivity index (χ1v) is 4.95. The molecule has 1 aromatic rings. The highest BCUT2D eigenvalue weighted by molar-refractivity contribution is 5.35. The third-order valence-corrected chi connectivity index (χ3v) is 2.66. The Morgan fingerprint density at radius 1 is 1.47 bits per heavy atom. The lowest BCUT2D eigenvalue weighted by Crippen LogP contribution is -2.44. The molecular weight excluding hydrogens is 193 g/mol. The van der Waals surface area contributed by atoms with Crippen LogP contribution in [0.5, 0.6) is 0 Å². The maximum atomic E-state index is 13.2. The molecule has 0 radical (unpaired) electrons. The summed E-state index contributed by atoms with van der Waals surface area (Å²) >= 11 is 0. The van der Waals surface area contributed by atoms with Crippen molar-refractivity contribution in [3.05, 3.63) is 24.1 Å². The largest absolute Gasteiger partial charge is 0.366 e. The molecule has 0 unspecified atom stereocenters. The monoisotopic (exact) mass is 211 g/mol. The minimum absolute atomic E-state index is 0.0377. The summed E-state index contributed by atoms with van der Waals surface area (Å²) in [5, 5.41) is 3.01. The highest BCUT2D eigenvalue weighted by Crippen LogP contribution is 2.13. The molecule has 4 heteroatoms. The number of nitrogens with one attached hydrogen (secondary N) is 1. The Morgan fingerprint density at radius 3 is 2.67 bits per heavy atom. The summed E-state index contributed by atoms with van der Waals surface area (Å²) < 4.78 is 13.2. The quantitative estimate of drug-likeness (QED) is 0.825. The molecule has 1 rings (SSSR count). The van der Waals surface area contributed by atoms with Gasteiger partial charge in [0, 0.05) is 18.3 Å². The van der Waals surface area contributed by atoms with Gasteiger partial charge in [0.1, 0.15) is 0 Å². The van der Waals surface area contributed by atoms with Gasteiger partial charge in [-0.15, -0.1) is 0 Å². The van der Waals surface area contributed by atoms with Crippen LogP contribution in [0.4, 0.5) is 10.2 Å². The van der Waals surface area contributed by atoms with E-state index in [4.69, 9.17) is 0 Å². The molecule has 0 saturated carbocycles. The Hall–Kier alpha value is -1.16. The predicted molar refractivity (Wildman–Crippen MR) is 60.5 cm³/mol. The van der Waals surface area contributed by atoms with E-state index in [1.54, 1.807) is 12.3 Å². The van der Waals surface area contributed by atoms with Crippen LogP contribution < -0.4 is 5.32 Å². The van der Waals surface area contributed by atoms with E-state index in [1.807, 2.05) is 14.1 Å². The molecule has 0 saturated heterocycles. The Labute approximate surface area is 90.3 Å². The van der Waals surface area contributed by atoms with E-state index in [1.165, 1.54) is 6.07 Å². The molecular formula is C11H18FN3. The molecule has 3 nitrogen and oxygen atoms in total. The highest BCUT2D eigenvalue weighted by Gasteiger charge is 2.20. The number of rotatable bonds is 4. The fraction of sp³-hybridized carbons (Fsp3) is 0.545. The lowest BCUT2D eigenvalue weighted by atomic mass is 10.0. The van der Waals surface area contributed by atoms with E-state index in [9.17, 15) is 4.39 Å². The van der Waals surface area contributed by atoms with Gasteiger partial charge in [-0.05, 0) is 40.1 Å². The van der Waals surface area contributed by atoms with E-state index < -0.39 is 0 Å². The predicted octanol–water partition coefficient (Wildman–Crippen LogP) is 1.97. The second kappa shape index (κ2) is 4.57. The Morgan fingerprint density at radius 2 is 2.13 bits per heavy atom. The van der Waals surface area contributed by atoms with Crippen LogP contribution in [0.2, 0.25) is 0 Å². The number of anilines is 1. The van der Waals surface area contributed by atoms with Gasteiger partial charge in [-0.2, -0.15) is 0 Å². The van der Waals surface area contributed by atoms with Crippen molar-refractivity contribution in [3.8, 4) is 0 Å². The highest BCUT2D eigenvalue weighted by atomic mass is 19.1. The first-order chi connectivity index (χ1) is 6.93. The fourth-order valence-electron chi connectivity index (χ4n) is 0.974. The standard InChI is InChI=1S/C11H18FN3/c1-11(2,15(3)4)8-14-10-9(12)6-5-7-13-10/h5-7H,8H2,1-4H3,(H,13,14). The molecule has 0 aliphatic heterocycles. The Bertz CT molecular complexity index is 323. The van der Waals surface area contributed by atoms with Gasteiger partial charge >= 0.3 is 0 Å². The molecule has 15 heavy (non-hydrogen) atoms. The lowest BCUT2D eigenvalue weighted by Gasteiger charge is -2.32. The van der Waals surface area contributed by atoms with Crippen molar-refractivity contribution in [3.63, 3.8) is 0 Å². The molecule has 1 aromatic heterocycles. The van der Waals surface area contributed by atoms with Crippen LogP contribution in [0.1, 0.15) is 13.8 Å². The van der Waals surface area contributed by atoms with E-state index in [2.05, 4.69) is 29.0 Å². The minimum Gasteiger partial charge on any atom is -0.366 e. The molecule has 0 bridgehead atoms. The van der Waals surface area contributed by atoms with Gasteiger partial charge in [0.2, 0.25) is 0 Å². The average molecular weight is 211 g/mol. The molecule has 0 aliphatic carbocycles. The summed E-state index contributed by atoms with van der Waals surface area (Å²) in [6.07, 6.45) is 1.58. The summed E-state index contributed by atoms with van der Waals surface area (Å²) in [4.78, 5) is 6.02. The number of likely N-dealkylation sites (N-methyl/N-ethyl adjacent to an activating group) is 1. The van der Waals surface area contributed by atoms with Gasteiger partial charge in [-0.25, -0.2) is 9.37 Å². The summed E-state index contributed by atoms with van der Waals surface area (Å²) in [7, 11) is 3.99. The third-order valence-electron chi connectivity index (χ3n) is 2.66. The minimum atomic E-state index is -0.313. The van der Waals surface area contributed by atoms with Crippen molar-refractivity contribution in [2.45, 2.75) is 19.4 Å². The summed E-state index contributed by atoms with van der Waals surface area (Å²) in [6.45, 7) is 4.82. The van der Waals surface area contributed by atoms with Crippen LogP contribution in [0.3, 0.4) is 0 Å². The van der Waals surface area contributed by atoms with Crippen LogP contribution in [0.15, 0.2) is 18.3 Å². The van der Waals surface area contributed by atoms with Crippen LogP contribution in [0.25, 0.3) is 0 Å². The second-order valence-corrected chi connectivity index (χ2v) is 4.39. The van der Waals surface area contributed by atoms with Gasteiger partial charge in [-0.1, -0.05) is 0 Å². The van der Waals surface area contributed by atoms with Gasteiger partial charge in [0.05, 0.1) is 0 Å². The molecule has 0 atom stereocenters. The first kappa shape index (κ1) is 11.9. The number of hydrogen-bond donors (Lipinski definition) is 1. The van der Waals surface area contributed by atoms with Crippen molar-refractivity contribution in [1.29, 1.82) is 0 Å². The molecule has 0 fully saturated rings. The molecule has 0 amide bonds. The maximum absolute atomic E-state index is 13.2. The number of halogens is 1. The molecule has 84 valence electrons. The van der Waals surface area contributed by atoms with E-state index in [0.29, 0.717) is 12.4 Å². The molecule has 0 spiro atoms. The second-order valence-electron chi connectivity index (χ2n) is 4.39. The smallest absolute Gasteiger partial charge is 0.165 e. The van der Waals surface area contributed by atoms with Crippen LogP contribution in [-0.4, -0.2) is 36.1 Å². The molecule has 0 aromatic carbocycles. The van der Waals surface area contributed by atoms with E-state index >= 15 is 0 Å². The zero-order valence-corrected chi connectivity index (χ0v) is 9.71. The third kappa shape index (κ3) is 3.16. The van der Waals surface area contributed by atoms with Crippen molar-refractivity contribution in [2.24, 2.45) is 0 Å². The number of hydrogen-bond acceptors (Lipinski definition) is 3. The van der Waals surface area contributed by atoms with Crippen LogP contribution >= 0.6 is 0 Å². The van der Waals surface area contributed by atoms with Crippen molar-refractivity contribution < 1.29 is 4.39 Å². The molecule has 0 aliphatic rings. The van der Waals surface area contributed by atoms with Gasteiger partial charge in [0.15, 0.2) is 11.6 Å².